The first-order valence-corrected chi connectivity index (χ1v) is 8.53. The Hall–Kier alpha value is -1.46. The Morgan fingerprint density at radius 3 is 2.48 bits per heavy atom. The van der Waals surface area contributed by atoms with Crippen LogP contribution in [0.15, 0.2) is 24.3 Å². The Morgan fingerprint density at radius 2 is 1.87 bits per heavy atom. The number of hydrogen-bond acceptors (Lipinski definition) is 3. The molecule has 0 bridgehead atoms. The van der Waals surface area contributed by atoms with Gasteiger partial charge in [0, 0.05) is 26.2 Å². The average Bonchev–Trinajstić information content (AvgIpc) is 2.89. The van der Waals surface area contributed by atoms with Gasteiger partial charge in [-0.3, -0.25) is 4.79 Å². The predicted molar refractivity (Wildman–Crippen MR) is 92.0 cm³/mol. The second-order valence-electron chi connectivity index (χ2n) is 6.57. The molecule has 0 unspecified atom stereocenters. The topological polar surface area (TPSA) is 52.2 Å². The third-order valence-electron chi connectivity index (χ3n) is 4.97. The number of amides is 1. The first-order valence-electron chi connectivity index (χ1n) is 7.78. The van der Waals surface area contributed by atoms with Gasteiger partial charge < -0.3 is 14.8 Å². The first-order chi connectivity index (χ1) is 10.9. The van der Waals surface area contributed by atoms with Gasteiger partial charge in [0.25, 0.3) is 0 Å². The molecule has 23 heavy (non-hydrogen) atoms. The molecule has 122 valence electrons. The summed E-state index contributed by atoms with van der Waals surface area (Å²) >= 11 is 12.2. The summed E-state index contributed by atoms with van der Waals surface area (Å²) in [5, 5.41) is 0. The Morgan fingerprint density at radius 1 is 1.22 bits per heavy atom. The van der Waals surface area contributed by atoms with Crippen molar-refractivity contribution in [2.45, 2.75) is 17.7 Å². The van der Waals surface area contributed by atoms with Gasteiger partial charge >= 0.3 is 0 Å². The quantitative estimate of drug-likeness (QED) is 0.845. The van der Waals surface area contributed by atoms with E-state index < -0.39 is 9.75 Å². The Labute approximate surface area is 144 Å². The van der Waals surface area contributed by atoms with Crippen LogP contribution < -0.4 is 4.90 Å². The van der Waals surface area contributed by atoms with E-state index in [4.69, 9.17) is 23.2 Å². The smallest absolute Gasteiger partial charge is 0.231 e. The number of piperazine rings is 1. The fraction of sp³-hybridized carbons (Fsp3) is 0.500. The molecule has 2 aliphatic rings. The number of para-hydroxylation sites is 2. The van der Waals surface area contributed by atoms with Crippen molar-refractivity contribution < 1.29 is 4.79 Å². The molecular weight excluding hydrogens is 335 g/mol. The number of nitrogens with one attached hydrogen (secondary N) is 1. The lowest BCUT2D eigenvalue weighted by atomic mass is 10.1. The molecule has 1 aromatic heterocycles. The summed E-state index contributed by atoms with van der Waals surface area (Å²) in [7, 11) is 0. The van der Waals surface area contributed by atoms with Gasteiger partial charge in [0.05, 0.1) is 16.4 Å². The molecular formula is C16H18Cl2N4O. The molecule has 1 saturated heterocycles. The lowest BCUT2D eigenvalue weighted by Gasteiger charge is -2.36. The number of carbonyl (C=O) groups is 1. The molecule has 2 heterocycles. The van der Waals surface area contributed by atoms with Gasteiger partial charge in [-0.15, -0.1) is 23.2 Å². The van der Waals surface area contributed by atoms with Crippen molar-refractivity contribution in [3.63, 3.8) is 0 Å². The van der Waals surface area contributed by atoms with Crippen molar-refractivity contribution in [2.75, 3.05) is 31.1 Å². The van der Waals surface area contributed by atoms with Crippen LogP contribution in [0.4, 0.5) is 5.95 Å². The molecule has 2 fully saturated rings. The van der Waals surface area contributed by atoms with E-state index in [1.807, 2.05) is 36.1 Å². The van der Waals surface area contributed by atoms with Crippen LogP contribution in [0.3, 0.4) is 0 Å². The summed E-state index contributed by atoms with van der Waals surface area (Å²) in [6, 6.07) is 7.97. The summed E-state index contributed by atoms with van der Waals surface area (Å²) in [5.74, 6) is 0.923. The van der Waals surface area contributed by atoms with Crippen LogP contribution in [0.5, 0.6) is 0 Å². The normalized spacial score (nSPS) is 26.6. The van der Waals surface area contributed by atoms with Gasteiger partial charge in [0.1, 0.15) is 4.33 Å². The Balaban J connectivity index is 1.44. The van der Waals surface area contributed by atoms with E-state index in [-0.39, 0.29) is 5.91 Å². The van der Waals surface area contributed by atoms with Crippen LogP contribution in [-0.2, 0) is 4.79 Å². The van der Waals surface area contributed by atoms with E-state index in [0.29, 0.717) is 19.5 Å². The lowest BCUT2D eigenvalue weighted by Crippen LogP contribution is -2.51. The van der Waals surface area contributed by atoms with Crippen molar-refractivity contribution >= 4 is 46.1 Å². The summed E-state index contributed by atoms with van der Waals surface area (Å²) in [5.41, 5.74) is 1.36. The largest absolute Gasteiger partial charge is 0.339 e. The average molecular weight is 353 g/mol. The first kappa shape index (κ1) is 15.1. The van der Waals surface area contributed by atoms with Gasteiger partial charge in [-0.05, 0) is 25.5 Å². The van der Waals surface area contributed by atoms with Gasteiger partial charge in [0.2, 0.25) is 11.9 Å². The van der Waals surface area contributed by atoms with Crippen molar-refractivity contribution in [3.05, 3.63) is 24.3 Å². The molecule has 2 aromatic rings. The standard InChI is InChI=1S/C16H18Cl2N4O/c1-15(10-16(15,17)18)13(23)21-6-8-22(9-7-21)14-19-11-4-2-3-5-12(11)20-14/h2-5H,6-10H2,1H3,(H,19,20)/t15-/m0/s1. The van der Waals surface area contributed by atoms with Crippen LogP contribution in [0, 0.1) is 5.41 Å². The zero-order chi connectivity index (χ0) is 16.2. The summed E-state index contributed by atoms with van der Waals surface area (Å²) in [6.45, 7) is 4.67. The van der Waals surface area contributed by atoms with Crippen LogP contribution in [0.25, 0.3) is 11.0 Å². The van der Waals surface area contributed by atoms with Crippen LogP contribution in [0.2, 0.25) is 0 Å². The number of halogens is 2. The van der Waals surface area contributed by atoms with E-state index in [1.165, 1.54) is 0 Å². The summed E-state index contributed by atoms with van der Waals surface area (Å²) < 4.78 is -0.903. The third kappa shape index (κ3) is 2.37. The number of benzene rings is 1. The number of hydrogen-bond donors (Lipinski definition) is 1. The Bertz CT molecular complexity index is 733. The minimum atomic E-state index is -0.903. The number of aromatic nitrogens is 2. The maximum absolute atomic E-state index is 12.6. The molecule has 0 radical (unpaired) electrons. The number of nitrogens with zero attached hydrogens (tertiary/aromatic N) is 3. The molecule has 1 saturated carbocycles. The molecule has 1 atom stereocenters. The van der Waals surface area contributed by atoms with Crippen LogP contribution >= 0.6 is 23.2 Å². The molecule has 0 spiro atoms. The molecule has 1 N–H and O–H groups in total. The fourth-order valence-corrected chi connectivity index (χ4v) is 3.89. The van der Waals surface area contributed by atoms with Crippen molar-refractivity contribution in [1.29, 1.82) is 0 Å². The van der Waals surface area contributed by atoms with Crippen molar-refractivity contribution in [2.24, 2.45) is 5.41 Å². The van der Waals surface area contributed by atoms with E-state index in [0.717, 1.165) is 30.1 Å². The molecule has 1 aromatic carbocycles. The number of alkyl halides is 2. The van der Waals surface area contributed by atoms with Crippen molar-refractivity contribution in [1.82, 2.24) is 14.9 Å². The number of anilines is 1. The van der Waals surface area contributed by atoms with Crippen LogP contribution in [0.1, 0.15) is 13.3 Å². The van der Waals surface area contributed by atoms with E-state index >= 15 is 0 Å². The predicted octanol–water partition coefficient (Wildman–Crippen LogP) is 2.80. The highest BCUT2D eigenvalue weighted by Crippen LogP contribution is 2.64. The highest BCUT2D eigenvalue weighted by atomic mass is 35.5. The number of H-pyrrole nitrogens is 1. The zero-order valence-electron chi connectivity index (χ0n) is 12.9. The third-order valence-corrected chi connectivity index (χ3v) is 6.07. The maximum Gasteiger partial charge on any atom is 0.231 e. The zero-order valence-corrected chi connectivity index (χ0v) is 14.4. The minimum absolute atomic E-state index is 0.0618. The van der Waals surface area contributed by atoms with E-state index in [1.54, 1.807) is 0 Å². The van der Waals surface area contributed by atoms with Gasteiger partial charge in [-0.25, -0.2) is 4.98 Å². The van der Waals surface area contributed by atoms with Crippen LogP contribution in [-0.4, -0.2) is 51.3 Å². The highest BCUT2D eigenvalue weighted by Gasteiger charge is 2.68. The number of carbonyl (C=O) groups excluding carboxylic acids is 1. The van der Waals surface area contributed by atoms with Gasteiger partial charge in [-0.1, -0.05) is 12.1 Å². The van der Waals surface area contributed by atoms with E-state index in [2.05, 4.69) is 14.9 Å². The fourth-order valence-electron chi connectivity index (χ4n) is 3.19. The second-order valence-corrected chi connectivity index (χ2v) is 8.05. The molecule has 1 aliphatic heterocycles. The molecule has 5 nitrogen and oxygen atoms in total. The number of fused-ring (bicyclic) bond motifs is 1. The summed E-state index contributed by atoms with van der Waals surface area (Å²) in [4.78, 5) is 24.6. The van der Waals surface area contributed by atoms with Crippen molar-refractivity contribution in [3.8, 4) is 0 Å². The minimum Gasteiger partial charge on any atom is -0.339 e. The molecule has 4 rings (SSSR count). The highest BCUT2D eigenvalue weighted by molar-refractivity contribution is 6.53. The molecule has 1 amide bonds. The number of aromatic amines is 1. The number of rotatable bonds is 2. The lowest BCUT2D eigenvalue weighted by molar-refractivity contribution is -0.136. The van der Waals surface area contributed by atoms with E-state index in [9.17, 15) is 4.79 Å². The Kier molecular flexibility index (Phi) is 3.29. The number of imidazole rings is 1. The van der Waals surface area contributed by atoms with Gasteiger partial charge in [-0.2, -0.15) is 0 Å². The summed E-state index contributed by atoms with van der Waals surface area (Å²) in [6.07, 6.45) is 0.533. The molecule has 1 aliphatic carbocycles. The van der Waals surface area contributed by atoms with Gasteiger partial charge in [0.15, 0.2) is 0 Å². The second kappa shape index (κ2) is 5.02. The maximum atomic E-state index is 12.6. The monoisotopic (exact) mass is 352 g/mol. The molecule has 7 heteroatoms. The SMILES string of the molecule is C[C@@]1(C(=O)N2CCN(c3nc4ccccc4[nH]3)CC2)CC1(Cl)Cl.